The number of carbonyl (C=O) groups is 2. The van der Waals surface area contributed by atoms with Crippen LogP contribution in [0, 0.1) is 6.92 Å². The molecule has 0 heterocycles. The molecule has 170 valence electrons. The van der Waals surface area contributed by atoms with E-state index in [2.05, 4.69) is 0 Å². The third kappa shape index (κ3) is 7.25. The molecule has 6 heteroatoms. The van der Waals surface area contributed by atoms with Crippen LogP contribution in [0.15, 0.2) is 78.9 Å². The van der Waals surface area contributed by atoms with E-state index in [0.717, 1.165) is 22.8 Å². The number of aliphatic carboxylic acids is 2. The van der Waals surface area contributed by atoms with Crippen molar-refractivity contribution in [2.24, 2.45) is 0 Å². The van der Waals surface area contributed by atoms with E-state index in [1.807, 2.05) is 61.5 Å². The Kier molecular flexibility index (Phi) is 8.24. The molecule has 6 nitrogen and oxygen atoms in total. The Balaban J connectivity index is 1.91. The minimum absolute atomic E-state index is 0.0660. The first-order chi connectivity index (χ1) is 15.9. The number of rotatable bonds is 11. The molecule has 1 atom stereocenters. The molecule has 0 aliphatic carbocycles. The average Bonchev–Trinajstić information content (AvgIpc) is 2.80. The summed E-state index contributed by atoms with van der Waals surface area (Å²) in [6.07, 6.45) is 2.15. The first-order valence-corrected chi connectivity index (χ1v) is 10.6. The molecule has 0 saturated heterocycles. The van der Waals surface area contributed by atoms with Gasteiger partial charge in [0.15, 0.2) is 0 Å². The summed E-state index contributed by atoms with van der Waals surface area (Å²) in [5, 5.41) is 18.3. The lowest BCUT2D eigenvalue weighted by Crippen LogP contribution is -2.12. The minimum Gasteiger partial charge on any atom is -0.489 e. The number of carboxylic acid groups (broad SMARTS) is 2. The summed E-state index contributed by atoms with van der Waals surface area (Å²) in [5.41, 5.74) is 3.42. The Labute approximate surface area is 192 Å². The van der Waals surface area contributed by atoms with Gasteiger partial charge in [0.25, 0.3) is 0 Å². The zero-order valence-electron chi connectivity index (χ0n) is 18.3. The van der Waals surface area contributed by atoms with Gasteiger partial charge >= 0.3 is 11.9 Å². The second-order valence-electron chi connectivity index (χ2n) is 7.54. The Morgan fingerprint density at radius 3 is 2.39 bits per heavy atom. The maximum absolute atomic E-state index is 11.2. The van der Waals surface area contributed by atoms with E-state index in [4.69, 9.17) is 14.6 Å². The number of carboxylic acids is 2. The molecular formula is C27H26O6. The van der Waals surface area contributed by atoms with Crippen LogP contribution in [0.2, 0.25) is 0 Å². The van der Waals surface area contributed by atoms with Crippen molar-refractivity contribution in [1.82, 2.24) is 0 Å². The number of aryl methyl sites for hydroxylation is 1. The summed E-state index contributed by atoms with van der Waals surface area (Å²) in [4.78, 5) is 22.3. The van der Waals surface area contributed by atoms with E-state index >= 15 is 0 Å². The fourth-order valence-electron chi connectivity index (χ4n) is 3.38. The summed E-state index contributed by atoms with van der Waals surface area (Å²) in [5.74, 6) is -1.02. The van der Waals surface area contributed by atoms with Crippen LogP contribution >= 0.6 is 0 Å². The van der Waals surface area contributed by atoms with Crippen LogP contribution in [0.1, 0.15) is 41.2 Å². The Morgan fingerprint density at radius 2 is 1.70 bits per heavy atom. The number of hydrogen-bond donors (Lipinski definition) is 2. The first-order valence-electron chi connectivity index (χ1n) is 10.6. The second kappa shape index (κ2) is 11.5. The van der Waals surface area contributed by atoms with Gasteiger partial charge in [-0.15, -0.1) is 0 Å². The van der Waals surface area contributed by atoms with Crippen LogP contribution in [0.3, 0.4) is 0 Å². The third-order valence-corrected chi connectivity index (χ3v) is 5.06. The molecule has 33 heavy (non-hydrogen) atoms. The molecule has 3 aromatic rings. The molecule has 0 aliphatic heterocycles. The third-order valence-electron chi connectivity index (χ3n) is 5.06. The number of ether oxygens (including phenoxy) is 2. The highest BCUT2D eigenvalue weighted by Gasteiger charge is 2.19. The standard InChI is InChI=1S/C27H26O6/c1-19-7-5-6-10-23(19)24(14-16-27(30)31)33-25-17-22(13-11-21(25)12-15-26(28)29)32-18-20-8-3-2-4-9-20/h2-13,15,17,24H,14,16,18H2,1H3,(H,28,29)(H,30,31). The van der Waals surface area contributed by atoms with Crippen molar-refractivity contribution < 1.29 is 29.3 Å². The van der Waals surface area contributed by atoms with Gasteiger partial charge in [-0.1, -0.05) is 54.6 Å². The zero-order valence-corrected chi connectivity index (χ0v) is 18.3. The minimum atomic E-state index is -1.08. The summed E-state index contributed by atoms with van der Waals surface area (Å²) in [6, 6.07) is 22.5. The van der Waals surface area contributed by atoms with Crippen molar-refractivity contribution in [2.45, 2.75) is 32.5 Å². The molecule has 3 rings (SSSR count). The maximum atomic E-state index is 11.2. The van der Waals surface area contributed by atoms with Crippen LogP contribution in [-0.4, -0.2) is 22.2 Å². The Hall–Kier alpha value is -4.06. The van der Waals surface area contributed by atoms with Gasteiger partial charge in [-0.05, 0) is 48.2 Å². The van der Waals surface area contributed by atoms with E-state index in [9.17, 15) is 14.7 Å². The van der Waals surface area contributed by atoms with Crippen molar-refractivity contribution in [3.8, 4) is 11.5 Å². The normalized spacial score (nSPS) is 11.8. The predicted molar refractivity (Wildman–Crippen MR) is 125 cm³/mol. The van der Waals surface area contributed by atoms with Crippen LogP contribution in [-0.2, 0) is 16.2 Å². The van der Waals surface area contributed by atoms with E-state index in [1.54, 1.807) is 18.2 Å². The summed E-state index contributed by atoms with van der Waals surface area (Å²) in [7, 11) is 0. The molecule has 0 amide bonds. The molecule has 0 saturated carbocycles. The van der Waals surface area contributed by atoms with Gasteiger partial charge < -0.3 is 19.7 Å². The van der Waals surface area contributed by atoms with Gasteiger partial charge in [0.2, 0.25) is 0 Å². The zero-order chi connectivity index (χ0) is 23.6. The monoisotopic (exact) mass is 446 g/mol. The highest BCUT2D eigenvalue weighted by molar-refractivity contribution is 5.86. The molecule has 1 unspecified atom stereocenters. The topological polar surface area (TPSA) is 93.1 Å². The molecule has 2 N–H and O–H groups in total. The van der Waals surface area contributed by atoms with Crippen molar-refractivity contribution in [3.05, 3.63) is 101 Å². The molecule has 0 aliphatic rings. The second-order valence-corrected chi connectivity index (χ2v) is 7.54. The molecular weight excluding hydrogens is 420 g/mol. The molecule has 3 aromatic carbocycles. The highest BCUT2D eigenvalue weighted by Crippen LogP contribution is 2.33. The molecule has 0 aromatic heterocycles. The largest absolute Gasteiger partial charge is 0.489 e. The molecule has 0 radical (unpaired) electrons. The van der Waals surface area contributed by atoms with Crippen molar-refractivity contribution in [2.75, 3.05) is 0 Å². The van der Waals surface area contributed by atoms with Crippen molar-refractivity contribution >= 4 is 18.0 Å². The summed E-state index contributed by atoms with van der Waals surface area (Å²) < 4.78 is 12.2. The van der Waals surface area contributed by atoms with Crippen LogP contribution in [0.5, 0.6) is 11.5 Å². The van der Waals surface area contributed by atoms with E-state index < -0.39 is 18.0 Å². The SMILES string of the molecule is Cc1ccccc1C(CCC(=O)O)Oc1cc(OCc2ccccc2)ccc1C=CC(=O)O. The van der Waals surface area contributed by atoms with Crippen LogP contribution in [0.25, 0.3) is 6.08 Å². The van der Waals surface area contributed by atoms with Gasteiger partial charge in [-0.3, -0.25) is 4.79 Å². The average molecular weight is 446 g/mol. The highest BCUT2D eigenvalue weighted by atomic mass is 16.5. The lowest BCUT2D eigenvalue weighted by molar-refractivity contribution is -0.137. The Bertz CT molecular complexity index is 1120. The molecule has 0 fully saturated rings. The van der Waals surface area contributed by atoms with E-state index in [0.29, 0.717) is 23.7 Å². The Morgan fingerprint density at radius 1 is 0.970 bits per heavy atom. The lowest BCUT2D eigenvalue weighted by Gasteiger charge is -2.22. The van der Waals surface area contributed by atoms with Gasteiger partial charge in [-0.2, -0.15) is 0 Å². The summed E-state index contributed by atoms with van der Waals surface area (Å²) in [6.45, 7) is 2.31. The predicted octanol–water partition coefficient (Wildman–Crippen LogP) is 5.66. The van der Waals surface area contributed by atoms with Gasteiger partial charge in [0, 0.05) is 24.1 Å². The fraction of sp³-hybridized carbons (Fsp3) is 0.185. The van der Waals surface area contributed by atoms with Gasteiger partial charge in [-0.25, -0.2) is 4.79 Å². The van der Waals surface area contributed by atoms with Crippen LogP contribution < -0.4 is 9.47 Å². The van der Waals surface area contributed by atoms with Gasteiger partial charge in [0.1, 0.15) is 24.2 Å². The summed E-state index contributed by atoms with van der Waals surface area (Å²) >= 11 is 0. The van der Waals surface area contributed by atoms with Crippen molar-refractivity contribution in [3.63, 3.8) is 0 Å². The molecule has 0 bridgehead atoms. The maximum Gasteiger partial charge on any atom is 0.328 e. The van der Waals surface area contributed by atoms with Gasteiger partial charge in [0.05, 0.1) is 0 Å². The first kappa shape index (κ1) is 23.6. The molecule has 0 spiro atoms. The quantitative estimate of drug-likeness (QED) is 0.369. The van der Waals surface area contributed by atoms with Crippen LogP contribution in [0.4, 0.5) is 0 Å². The smallest absolute Gasteiger partial charge is 0.328 e. The lowest BCUT2D eigenvalue weighted by atomic mass is 9.99. The van der Waals surface area contributed by atoms with E-state index in [-0.39, 0.29) is 12.8 Å². The number of hydrogen-bond acceptors (Lipinski definition) is 4. The van der Waals surface area contributed by atoms with E-state index in [1.165, 1.54) is 6.08 Å². The van der Waals surface area contributed by atoms with Crippen molar-refractivity contribution in [1.29, 1.82) is 0 Å². The number of benzene rings is 3. The fourth-order valence-corrected chi connectivity index (χ4v) is 3.38.